The maximum Gasteiger partial charge on any atom is 0.338 e. The number of ether oxygens (including phenoxy) is 1. The molecule has 184 valence electrons. The Labute approximate surface area is 205 Å². The molecule has 1 aromatic heterocycles. The van der Waals surface area contributed by atoms with Gasteiger partial charge in [-0.3, -0.25) is 4.79 Å². The SMILES string of the molecule is CCCCCC(=O)N1CC(n2cc(COC(=O)c3ccccc3)nn2)C(O)CC1c1ccccc1. The summed E-state index contributed by atoms with van der Waals surface area (Å²) < 4.78 is 6.94. The van der Waals surface area contributed by atoms with Gasteiger partial charge < -0.3 is 14.7 Å². The van der Waals surface area contributed by atoms with Crippen LogP contribution in [0.2, 0.25) is 0 Å². The van der Waals surface area contributed by atoms with Crippen molar-refractivity contribution in [3.05, 3.63) is 83.7 Å². The smallest absolute Gasteiger partial charge is 0.338 e. The van der Waals surface area contributed by atoms with Crippen molar-refractivity contribution < 1.29 is 19.4 Å². The number of carbonyl (C=O) groups excluding carboxylic acids is 2. The molecule has 1 aliphatic rings. The molecule has 3 atom stereocenters. The minimum absolute atomic E-state index is 0.0250. The van der Waals surface area contributed by atoms with Crippen molar-refractivity contribution in [2.45, 2.75) is 63.8 Å². The van der Waals surface area contributed by atoms with Crippen LogP contribution in [0.1, 0.15) is 72.7 Å². The molecule has 0 bridgehead atoms. The van der Waals surface area contributed by atoms with Gasteiger partial charge in [-0.15, -0.1) is 5.10 Å². The second kappa shape index (κ2) is 11.8. The lowest BCUT2D eigenvalue weighted by atomic mass is 9.90. The maximum atomic E-state index is 13.2. The van der Waals surface area contributed by atoms with E-state index in [0.717, 1.165) is 24.8 Å². The normalized spacial score (nSPS) is 19.9. The Kier molecular flexibility index (Phi) is 8.26. The van der Waals surface area contributed by atoms with Gasteiger partial charge in [0.1, 0.15) is 12.3 Å². The van der Waals surface area contributed by atoms with Crippen molar-refractivity contribution in [1.82, 2.24) is 19.9 Å². The molecule has 1 amide bonds. The molecule has 1 fully saturated rings. The molecule has 0 radical (unpaired) electrons. The van der Waals surface area contributed by atoms with E-state index in [4.69, 9.17) is 4.74 Å². The molecule has 0 saturated carbocycles. The third-order valence-corrected chi connectivity index (χ3v) is 6.43. The Hall–Kier alpha value is -3.52. The summed E-state index contributed by atoms with van der Waals surface area (Å²) in [5, 5.41) is 19.3. The van der Waals surface area contributed by atoms with E-state index in [1.54, 1.807) is 35.1 Å². The summed E-state index contributed by atoms with van der Waals surface area (Å²) in [5.41, 5.74) is 1.96. The fourth-order valence-electron chi connectivity index (χ4n) is 4.50. The summed E-state index contributed by atoms with van der Waals surface area (Å²) in [6.07, 6.45) is 4.77. The number of amides is 1. The van der Waals surface area contributed by atoms with Crippen molar-refractivity contribution in [2.24, 2.45) is 0 Å². The summed E-state index contributed by atoms with van der Waals surface area (Å²) in [6, 6.07) is 18.0. The highest BCUT2D eigenvalue weighted by molar-refractivity contribution is 5.89. The first-order valence-corrected chi connectivity index (χ1v) is 12.2. The van der Waals surface area contributed by atoms with Crippen molar-refractivity contribution in [1.29, 1.82) is 0 Å². The van der Waals surface area contributed by atoms with Crippen LogP contribution in [-0.2, 0) is 16.1 Å². The second-order valence-electron chi connectivity index (χ2n) is 8.93. The van der Waals surface area contributed by atoms with Gasteiger partial charge in [0.15, 0.2) is 0 Å². The number of esters is 1. The number of likely N-dealkylation sites (tertiary alicyclic amines) is 1. The van der Waals surface area contributed by atoms with Crippen LogP contribution in [0.15, 0.2) is 66.9 Å². The Morgan fingerprint density at radius 2 is 1.77 bits per heavy atom. The number of carbonyl (C=O) groups is 2. The third-order valence-electron chi connectivity index (χ3n) is 6.43. The van der Waals surface area contributed by atoms with Gasteiger partial charge in [-0.05, 0) is 24.1 Å². The summed E-state index contributed by atoms with van der Waals surface area (Å²) in [6.45, 7) is 2.42. The first-order valence-electron chi connectivity index (χ1n) is 12.2. The highest BCUT2D eigenvalue weighted by Gasteiger charge is 2.39. The lowest BCUT2D eigenvalue weighted by Gasteiger charge is -2.42. The van der Waals surface area contributed by atoms with Crippen molar-refractivity contribution in [3.8, 4) is 0 Å². The van der Waals surface area contributed by atoms with E-state index in [0.29, 0.717) is 30.6 Å². The number of aliphatic hydroxyl groups is 1. The number of piperidine rings is 1. The average Bonchev–Trinajstić information content (AvgIpc) is 3.37. The Morgan fingerprint density at radius 3 is 2.49 bits per heavy atom. The van der Waals surface area contributed by atoms with Crippen LogP contribution in [0.25, 0.3) is 0 Å². The van der Waals surface area contributed by atoms with Gasteiger partial charge in [0.25, 0.3) is 0 Å². The molecule has 3 aromatic rings. The van der Waals surface area contributed by atoms with Crippen molar-refractivity contribution >= 4 is 11.9 Å². The topological polar surface area (TPSA) is 97.6 Å². The Morgan fingerprint density at radius 1 is 1.06 bits per heavy atom. The van der Waals surface area contributed by atoms with Crippen LogP contribution in [0.3, 0.4) is 0 Å². The molecule has 4 rings (SSSR count). The summed E-state index contributed by atoms with van der Waals surface area (Å²) in [7, 11) is 0. The molecule has 8 heteroatoms. The Balaban J connectivity index is 1.46. The quantitative estimate of drug-likeness (QED) is 0.369. The largest absolute Gasteiger partial charge is 0.455 e. The number of benzene rings is 2. The van der Waals surface area contributed by atoms with Gasteiger partial charge in [-0.2, -0.15) is 0 Å². The van der Waals surface area contributed by atoms with E-state index in [-0.39, 0.29) is 18.6 Å². The van der Waals surface area contributed by atoms with Crippen LogP contribution < -0.4 is 0 Å². The molecular weight excluding hydrogens is 444 g/mol. The molecule has 2 heterocycles. The van der Waals surface area contributed by atoms with E-state index in [1.807, 2.05) is 41.3 Å². The zero-order valence-electron chi connectivity index (χ0n) is 20.0. The van der Waals surface area contributed by atoms with Gasteiger partial charge in [0, 0.05) is 19.4 Å². The van der Waals surface area contributed by atoms with Crippen LogP contribution in [0.5, 0.6) is 0 Å². The maximum absolute atomic E-state index is 13.2. The van der Waals surface area contributed by atoms with E-state index in [2.05, 4.69) is 17.2 Å². The van der Waals surface area contributed by atoms with Gasteiger partial charge in [0.05, 0.1) is 29.9 Å². The highest BCUT2D eigenvalue weighted by Crippen LogP contribution is 2.36. The number of hydrogen-bond acceptors (Lipinski definition) is 6. The number of hydrogen-bond donors (Lipinski definition) is 1. The van der Waals surface area contributed by atoms with Gasteiger partial charge in [-0.25, -0.2) is 9.48 Å². The molecular formula is C27H32N4O4. The highest BCUT2D eigenvalue weighted by atomic mass is 16.5. The van der Waals surface area contributed by atoms with E-state index in [9.17, 15) is 14.7 Å². The summed E-state index contributed by atoms with van der Waals surface area (Å²) in [5.74, 6) is -0.353. The lowest BCUT2D eigenvalue weighted by molar-refractivity contribution is -0.139. The molecule has 1 N–H and O–H groups in total. The predicted molar refractivity (Wildman–Crippen MR) is 130 cm³/mol. The molecule has 3 unspecified atom stereocenters. The first-order chi connectivity index (χ1) is 17.1. The first kappa shape index (κ1) is 24.6. The van der Waals surface area contributed by atoms with Gasteiger partial charge in [-0.1, -0.05) is 73.5 Å². The van der Waals surface area contributed by atoms with E-state index in [1.165, 1.54) is 0 Å². The zero-order chi connectivity index (χ0) is 24.6. The molecule has 1 aliphatic heterocycles. The minimum Gasteiger partial charge on any atom is -0.455 e. The summed E-state index contributed by atoms with van der Waals surface area (Å²) in [4.78, 5) is 27.3. The number of rotatable bonds is 9. The number of aliphatic hydroxyl groups excluding tert-OH is 1. The van der Waals surface area contributed by atoms with Gasteiger partial charge in [0.2, 0.25) is 5.91 Å². The van der Waals surface area contributed by atoms with Crippen LogP contribution in [0.4, 0.5) is 0 Å². The molecule has 0 aliphatic carbocycles. The predicted octanol–water partition coefficient (Wildman–Crippen LogP) is 4.09. The van der Waals surface area contributed by atoms with E-state index < -0.39 is 18.1 Å². The third kappa shape index (κ3) is 6.14. The molecule has 35 heavy (non-hydrogen) atoms. The number of aromatic nitrogens is 3. The summed E-state index contributed by atoms with van der Waals surface area (Å²) >= 11 is 0. The fourth-order valence-corrected chi connectivity index (χ4v) is 4.50. The van der Waals surface area contributed by atoms with Crippen molar-refractivity contribution in [2.75, 3.05) is 6.54 Å². The monoisotopic (exact) mass is 476 g/mol. The number of nitrogens with zero attached hydrogens (tertiary/aromatic N) is 4. The minimum atomic E-state index is -0.707. The fraction of sp³-hybridized carbons (Fsp3) is 0.407. The van der Waals surface area contributed by atoms with Crippen molar-refractivity contribution in [3.63, 3.8) is 0 Å². The van der Waals surface area contributed by atoms with Gasteiger partial charge >= 0.3 is 5.97 Å². The molecule has 2 aromatic carbocycles. The van der Waals surface area contributed by atoms with E-state index >= 15 is 0 Å². The zero-order valence-corrected chi connectivity index (χ0v) is 20.0. The number of unbranched alkanes of at least 4 members (excludes halogenated alkanes) is 2. The Bertz CT molecular complexity index is 1100. The second-order valence-corrected chi connectivity index (χ2v) is 8.93. The lowest BCUT2D eigenvalue weighted by Crippen LogP contribution is -2.48. The van der Waals surface area contributed by atoms with Crippen LogP contribution in [-0.4, -0.2) is 49.5 Å². The van der Waals surface area contributed by atoms with Crippen LogP contribution >= 0.6 is 0 Å². The molecule has 0 spiro atoms. The molecule has 8 nitrogen and oxygen atoms in total. The molecule has 1 saturated heterocycles. The van der Waals surface area contributed by atoms with Crippen LogP contribution in [0, 0.1) is 0 Å². The average molecular weight is 477 g/mol. The standard InChI is InChI=1S/C27H32N4O4/c1-2-3-6-15-26(33)30-18-24(25(32)16-23(30)20-11-7-4-8-12-20)31-17-22(28-29-31)19-35-27(34)21-13-9-5-10-14-21/h4-5,7-14,17,23-25,32H,2-3,6,15-16,18-19H2,1H3.